The van der Waals surface area contributed by atoms with Gasteiger partial charge in [-0.1, -0.05) is 12.1 Å². The van der Waals surface area contributed by atoms with Crippen LogP contribution in [0.15, 0.2) is 35.7 Å². The van der Waals surface area contributed by atoms with Gasteiger partial charge < -0.3 is 15.0 Å². The number of ether oxygens (including phenoxy) is 1. The number of carbonyl (C=O) groups excluding carboxylic acids is 2. The van der Waals surface area contributed by atoms with Gasteiger partial charge in [0, 0.05) is 22.3 Å². The van der Waals surface area contributed by atoms with E-state index in [1.54, 1.807) is 17.4 Å². The van der Waals surface area contributed by atoms with E-state index in [2.05, 4.69) is 16.4 Å². The largest absolute Gasteiger partial charge is 0.451 e. The maximum absolute atomic E-state index is 12.1. The second-order valence-corrected chi connectivity index (χ2v) is 7.01. The quantitative estimate of drug-likeness (QED) is 0.665. The Morgan fingerprint density at radius 2 is 2.08 bits per heavy atom. The zero-order chi connectivity index (χ0) is 17.8. The van der Waals surface area contributed by atoms with Gasteiger partial charge in [0.05, 0.1) is 0 Å². The Morgan fingerprint density at radius 1 is 1.24 bits per heavy atom. The van der Waals surface area contributed by atoms with Crippen molar-refractivity contribution in [3.63, 3.8) is 0 Å². The standard InChI is InChI=1S/C19H20N2O3S/c1-12-8-13(2)15-10-17(21-16(15)9-12)19(23)24-11-18(22)20-6-5-14-4-3-7-25-14/h3-4,7-10,21H,5-6,11H2,1-2H3,(H,20,22). The van der Waals surface area contributed by atoms with Crippen LogP contribution in [0.25, 0.3) is 10.9 Å². The van der Waals surface area contributed by atoms with Crippen LogP contribution in [0.4, 0.5) is 0 Å². The van der Waals surface area contributed by atoms with E-state index in [1.807, 2.05) is 37.4 Å². The van der Waals surface area contributed by atoms with Crippen molar-refractivity contribution in [1.29, 1.82) is 0 Å². The van der Waals surface area contributed by atoms with Gasteiger partial charge in [0.1, 0.15) is 5.69 Å². The van der Waals surface area contributed by atoms with Crippen molar-refractivity contribution >= 4 is 34.1 Å². The number of H-pyrrole nitrogens is 1. The molecule has 25 heavy (non-hydrogen) atoms. The number of aromatic nitrogens is 1. The molecule has 0 saturated carbocycles. The summed E-state index contributed by atoms with van der Waals surface area (Å²) in [5, 5.41) is 5.74. The number of thiophene rings is 1. The number of hydrogen-bond acceptors (Lipinski definition) is 4. The van der Waals surface area contributed by atoms with Gasteiger partial charge in [0.25, 0.3) is 5.91 Å². The summed E-state index contributed by atoms with van der Waals surface area (Å²) in [6.45, 7) is 4.25. The van der Waals surface area contributed by atoms with Gasteiger partial charge in [-0.25, -0.2) is 4.79 Å². The fourth-order valence-electron chi connectivity index (χ4n) is 2.75. The summed E-state index contributed by atoms with van der Waals surface area (Å²) in [6, 6.07) is 9.81. The van der Waals surface area contributed by atoms with E-state index in [1.165, 1.54) is 4.88 Å². The van der Waals surface area contributed by atoms with Crippen molar-refractivity contribution in [2.45, 2.75) is 20.3 Å². The number of benzene rings is 1. The summed E-state index contributed by atoms with van der Waals surface area (Å²) in [5.74, 6) is -0.824. The molecule has 6 heteroatoms. The maximum Gasteiger partial charge on any atom is 0.355 e. The molecule has 3 rings (SSSR count). The molecular weight excluding hydrogens is 336 g/mol. The fraction of sp³-hybridized carbons (Fsp3) is 0.263. The van der Waals surface area contributed by atoms with Gasteiger partial charge in [-0.05, 0) is 55.0 Å². The fourth-order valence-corrected chi connectivity index (χ4v) is 3.46. The molecule has 0 saturated heterocycles. The molecule has 0 spiro atoms. The van der Waals surface area contributed by atoms with Crippen LogP contribution in [-0.4, -0.2) is 30.0 Å². The number of carbonyl (C=O) groups is 2. The highest BCUT2D eigenvalue weighted by atomic mass is 32.1. The molecule has 3 aromatic rings. The van der Waals surface area contributed by atoms with Crippen LogP contribution in [0.2, 0.25) is 0 Å². The lowest BCUT2D eigenvalue weighted by molar-refractivity contribution is -0.124. The Kier molecular flexibility index (Phi) is 5.19. The van der Waals surface area contributed by atoms with Gasteiger partial charge in [-0.3, -0.25) is 4.79 Å². The van der Waals surface area contributed by atoms with Crippen LogP contribution >= 0.6 is 11.3 Å². The molecule has 5 nitrogen and oxygen atoms in total. The molecule has 0 radical (unpaired) electrons. The maximum atomic E-state index is 12.1. The molecular formula is C19H20N2O3S. The second kappa shape index (κ2) is 7.53. The van der Waals surface area contributed by atoms with Crippen LogP contribution in [0.3, 0.4) is 0 Å². The third-order valence-electron chi connectivity index (χ3n) is 3.92. The minimum absolute atomic E-state index is 0.281. The van der Waals surface area contributed by atoms with Crippen molar-refractivity contribution in [1.82, 2.24) is 10.3 Å². The number of amides is 1. The first-order valence-corrected chi connectivity index (χ1v) is 8.97. The van der Waals surface area contributed by atoms with Gasteiger partial charge in [0.15, 0.2) is 6.61 Å². The van der Waals surface area contributed by atoms with Crippen LogP contribution in [0, 0.1) is 13.8 Å². The van der Waals surface area contributed by atoms with Gasteiger partial charge in [-0.15, -0.1) is 11.3 Å². The second-order valence-electron chi connectivity index (χ2n) is 5.98. The lowest BCUT2D eigenvalue weighted by atomic mass is 10.1. The highest BCUT2D eigenvalue weighted by Gasteiger charge is 2.14. The zero-order valence-electron chi connectivity index (χ0n) is 14.2. The third-order valence-corrected chi connectivity index (χ3v) is 4.85. The van der Waals surface area contributed by atoms with Crippen LogP contribution in [0.1, 0.15) is 26.5 Å². The first-order valence-electron chi connectivity index (χ1n) is 8.09. The van der Waals surface area contributed by atoms with Crippen LogP contribution in [-0.2, 0) is 16.0 Å². The van der Waals surface area contributed by atoms with Crippen molar-refractivity contribution in [3.05, 3.63) is 57.4 Å². The smallest absolute Gasteiger partial charge is 0.355 e. The van der Waals surface area contributed by atoms with Crippen molar-refractivity contribution in [2.75, 3.05) is 13.2 Å². The molecule has 0 atom stereocenters. The van der Waals surface area contributed by atoms with Gasteiger partial charge >= 0.3 is 5.97 Å². The summed E-state index contributed by atoms with van der Waals surface area (Å²) in [4.78, 5) is 28.2. The number of nitrogens with one attached hydrogen (secondary N) is 2. The Bertz CT molecular complexity index is 897. The number of aromatic amines is 1. The van der Waals surface area contributed by atoms with Crippen molar-refractivity contribution in [3.8, 4) is 0 Å². The molecule has 0 aliphatic rings. The predicted octanol–water partition coefficient (Wildman–Crippen LogP) is 3.36. The normalized spacial score (nSPS) is 10.8. The molecule has 0 aliphatic heterocycles. The number of esters is 1. The van der Waals surface area contributed by atoms with E-state index in [4.69, 9.17) is 4.74 Å². The summed E-state index contributed by atoms with van der Waals surface area (Å²) < 4.78 is 5.10. The van der Waals surface area contributed by atoms with Gasteiger partial charge in [-0.2, -0.15) is 0 Å². The predicted molar refractivity (Wildman–Crippen MR) is 99.1 cm³/mol. The average molecular weight is 356 g/mol. The van der Waals surface area contributed by atoms with E-state index in [0.29, 0.717) is 12.2 Å². The van der Waals surface area contributed by atoms with E-state index in [9.17, 15) is 9.59 Å². The minimum Gasteiger partial charge on any atom is -0.451 e. The average Bonchev–Trinajstić information content (AvgIpc) is 3.22. The third kappa shape index (κ3) is 4.28. The molecule has 0 bridgehead atoms. The molecule has 0 fully saturated rings. The lowest BCUT2D eigenvalue weighted by Crippen LogP contribution is -2.30. The summed E-state index contributed by atoms with van der Waals surface area (Å²) in [6.07, 6.45) is 0.776. The van der Waals surface area contributed by atoms with Crippen LogP contribution < -0.4 is 5.32 Å². The summed E-state index contributed by atoms with van der Waals surface area (Å²) in [7, 11) is 0. The van der Waals surface area contributed by atoms with Crippen LogP contribution in [0.5, 0.6) is 0 Å². The highest BCUT2D eigenvalue weighted by molar-refractivity contribution is 7.09. The molecule has 2 N–H and O–H groups in total. The molecule has 1 aromatic carbocycles. The summed E-state index contributed by atoms with van der Waals surface area (Å²) in [5.41, 5.74) is 3.47. The van der Waals surface area contributed by atoms with E-state index in [0.717, 1.165) is 28.5 Å². The summed E-state index contributed by atoms with van der Waals surface area (Å²) >= 11 is 1.65. The first kappa shape index (κ1) is 17.2. The Balaban J connectivity index is 1.52. The van der Waals surface area contributed by atoms with Gasteiger partial charge in [0.2, 0.25) is 0 Å². The Hall–Kier alpha value is -2.60. The molecule has 130 valence electrons. The lowest BCUT2D eigenvalue weighted by Gasteiger charge is -2.05. The van der Waals surface area contributed by atoms with E-state index >= 15 is 0 Å². The SMILES string of the molecule is Cc1cc(C)c2cc(C(=O)OCC(=O)NCCc3cccs3)[nH]c2c1. The molecule has 0 unspecified atom stereocenters. The van der Waals surface area contributed by atoms with Crippen molar-refractivity contribution in [2.24, 2.45) is 0 Å². The first-order chi connectivity index (χ1) is 12.0. The number of rotatable bonds is 6. The molecule has 2 heterocycles. The minimum atomic E-state index is -0.526. The molecule has 0 aliphatic carbocycles. The number of aryl methyl sites for hydroxylation is 2. The topological polar surface area (TPSA) is 71.2 Å². The molecule has 1 amide bonds. The monoisotopic (exact) mass is 356 g/mol. The number of fused-ring (bicyclic) bond motifs is 1. The Morgan fingerprint density at radius 3 is 2.84 bits per heavy atom. The number of hydrogen-bond donors (Lipinski definition) is 2. The Labute approximate surface area is 150 Å². The highest BCUT2D eigenvalue weighted by Crippen LogP contribution is 2.21. The molecule has 2 aromatic heterocycles. The van der Waals surface area contributed by atoms with E-state index < -0.39 is 5.97 Å². The zero-order valence-corrected chi connectivity index (χ0v) is 15.0. The van der Waals surface area contributed by atoms with E-state index in [-0.39, 0.29) is 12.5 Å². The van der Waals surface area contributed by atoms with Crippen molar-refractivity contribution < 1.29 is 14.3 Å².